The quantitative estimate of drug-likeness (QED) is 0.849. The number of nitrogens with one attached hydrogen (secondary N) is 1. The van der Waals surface area contributed by atoms with Gasteiger partial charge in [-0.15, -0.1) is 0 Å². The summed E-state index contributed by atoms with van der Waals surface area (Å²) in [5, 5.41) is 4.40. The molecule has 1 N–H and O–H groups in total. The van der Waals surface area contributed by atoms with Gasteiger partial charge in [-0.05, 0) is 44.3 Å². The highest BCUT2D eigenvalue weighted by Gasteiger charge is 2.34. The van der Waals surface area contributed by atoms with E-state index in [-0.39, 0.29) is 5.54 Å². The van der Waals surface area contributed by atoms with E-state index in [1.54, 1.807) is 25.3 Å². The zero-order valence-electron chi connectivity index (χ0n) is 11.2. The number of hydrogen-bond donors (Lipinski definition) is 1. The van der Waals surface area contributed by atoms with E-state index in [1.807, 2.05) is 4.90 Å². The Morgan fingerprint density at radius 1 is 1.53 bits per heavy atom. The average molecular weight is 301 g/mol. The normalized spacial score (nSPS) is 17.4. The molecule has 1 aliphatic rings. The highest BCUT2D eigenvalue weighted by molar-refractivity contribution is 7.80. The summed E-state index contributed by atoms with van der Waals surface area (Å²) in [5.41, 5.74) is 0.637. The van der Waals surface area contributed by atoms with E-state index in [2.05, 4.69) is 19.2 Å². The molecule has 0 bridgehead atoms. The van der Waals surface area contributed by atoms with Gasteiger partial charge in [0.2, 0.25) is 0 Å². The summed E-state index contributed by atoms with van der Waals surface area (Å²) in [6, 6.07) is 5.37. The summed E-state index contributed by atoms with van der Waals surface area (Å²) in [4.78, 5) is 2.00. The van der Waals surface area contributed by atoms with E-state index in [0.717, 1.165) is 5.69 Å². The second-order valence-corrected chi connectivity index (χ2v) is 5.82. The Bertz CT molecular complexity index is 494. The lowest BCUT2D eigenvalue weighted by Gasteiger charge is -2.31. The van der Waals surface area contributed by atoms with Crippen LogP contribution in [-0.2, 0) is 4.74 Å². The maximum Gasteiger partial charge on any atom is 0.175 e. The zero-order chi connectivity index (χ0) is 14.0. The summed E-state index contributed by atoms with van der Waals surface area (Å²) in [6.07, 6.45) is 0. The topological polar surface area (TPSA) is 33.7 Å². The van der Waals surface area contributed by atoms with Crippen molar-refractivity contribution in [2.45, 2.75) is 19.4 Å². The van der Waals surface area contributed by atoms with E-state index >= 15 is 0 Å². The summed E-state index contributed by atoms with van der Waals surface area (Å²) < 4.78 is 10.7. The fraction of sp³-hybridized carbons (Fsp3) is 0.462. The first kappa shape index (κ1) is 14.4. The van der Waals surface area contributed by atoms with Gasteiger partial charge in [0, 0.05) is 5.02 Å². The van der Waals surface area contributed by atoms with Crippen LogP contribution in [-0.4, -0.2) is 36.0 Å². The van der Waals surface area contributed by atoms with Crippen molar-refractivity contribution in [3.8, 4) is 5.75 Å². The van der Waals surface area contributed by atoms with Crippen LogP contribution in [0.5, 0.6) is 5.75 Å². The van der Waals surface area contributed by atoms with E-state index in [1.165, 1.54) is 0 Å². The molecule has 104 valence electrons. The molecular formula is C13H17ClN2O2S. The van der Waals surface area contributed by atoms with Gasteiger partial charge in [0.05, 0.1) is 24.9 Å². The number of nitrogens with zero attached hydrogens (tertiary/aromatic N) is 1. The summed E-state index contributed by atoms with van der Waals surface area (Å²) in [5.74, 6) is 0.699. The fourth-order valence-electron chi connectivity index (χ4n) is 1.93. The molecule has 4 nitrogen and oxygen atoms in total. The molecule has 1 aromatic carbocycles. The maximum atomic E-state index is 6.00. The van der Waals surface area contributed by atoms with Crippen LogP contribution < -0.4 is 10.1 Å². The van der Waals surface area contributed by atoms with Gasteiger partial charge in [0.25, 0.3) is 0 Å². The summed E-state index contributed by atoms with van der Waals surface area (Å²) >= 11 is 11.4. The first-order valence-corrected chi connectivity index (χ1v) is 6.72. The van der Waals surface area contributed by atoms with Gasteiger partial charge in [-0.2, -0.15) is 0 Å². The summed E-state index contributed by atoms with van der Waals surface area (Å²) in [6.45, 7) is 5.32. The first-order chi connectivity index (χ1) is 8.94. The van der Waals surface area contributed by atoms with Gasteiger partial charge in [-0.3, -0.25) is 0 Å². The number of methoxy groups -OCH3 is 1. The van der Waals surface area contributed by atoms with E-state index in [9.17, 15) is 0 Å². The predicted molar refractivity (Wildman–Crippen MR) is 81.0 cm³/mol. The van der Waals surface area contributed by atoms with Crippen LogP contribution in [0.15, 0.2) is 18.2 Å². The van der Waals surface area contributed by atoms with Crippen molar-refractivity contribution in [2.75, 3.05) is 25.8 Å². The maximum absolute atomic E-state index is 6.00. The van der Waals surface area contributed by atoms with Gasteiger partial charge >= 0.3 is 0 Å². The van der Waals surface area contributed by atoms with Gasteiger partial charge in [-0.1, -0.05) is 11.6 Å². The molecule has 2 rings (SSSR count). The molecule has 1 saturated heterocycles. The molecule has 6 heteroatoms. The lowest BCUT2D eigenvalue weighted by Crippen LogP contribution is -2.46. The van der Waals surface area contributed by atoms with E-state index in [0.29, 0.717) is 29.2 Å². The van der Waals surface area contributed by atoms with Crippen molar-refractivity contribution in [2.24, 2.45) is 0 Å². The smallest absolute Gasteiger partial charge is 0.175 e. The lowest BCUT2D eigenvalue weighted by atomic mass is 10.1. The van der Waals surface area contributed by atoms with Crippen LogP contribution >= 0.6 is 23.8 Å². The van der Waals surface area contributed by atoms with Crippen molar-refractivity contribution < 1.29 is 9.47 Å². The number of thiocarbonyl (C=S) groups is 1. The monoisotopic (exact) mass is 300 g/mol. The SMILES string of the molecule is COc1ccc(Cl)cc1NC(=S)N1COCC1(C)C. The fourth-order valence-corrected chi connectivity index (χ4v) is 2.52. The molecule has 0 aromatic heterocycles. The van der Waals surface area contributed by atoms with Crippen molar-refractivity contribution in [1.29, 1.82) is 0 Å². The molecule has 0 atom stereocenters. The number of halogens is 1. The molecule has 0 unspecified atom stereocenters. The molecule has 0 amide bonds. The largest absolute Gasteiger partial charge is 0.495 e. The number of anilines is 1. The van der Waals surface area contributed by atoms with Crippen LogP contribution in [0.2, 0.25) is 5.02 Å². The third-order valence-corrected chi connectivity index (χ3v) is 3.61. The Labute approximate surface area is 123 Å². The molecule has 0 saturated carbocycles. The van der Waals surface area contributed by atoms with Crippen molar-refractivity contribution in [3.05, 3.63) is 23.2 Å². The minimum Gasteiger partial charge on any atom is -0.495 e. The van der Waals surface area contributed by atoms with Crippen molar-refractivity contribution >= 4 is 34.6 Å². The number of benzene rings is 1. The molecular weight excluding hydrogens is 284 g/mol. The van der Waals surface area contributed by atoms with Crippen LogP contribution in [0.25, 0.3) is 0 Å². The van der Waals surface area contributed by atoms with Crippen molar-refractivity contribution in [1.82, 2.24) is 4.90 Å². The van der Waals surface area contributed by atoms with Gasteiger partial charge < -0.3 is 19.7 Å². The molecule has 0 spiro atoms. The van der Waals surface area contributed by atoms with Gasteiger partial charge in [-0.25, -0.2) is 0 Å². The second-order valence-electron chi connectivity index (χ2n) is 4.99. The minimum atomic E-state index is -0.115. The van der Waals surface area contributed by atoms with Crippen molar-refractivity contribution in [3.63, 3.8) is 0 Å². The zero-order valence-corrected chi connectivity index (χ0v) is 12.8. The third-order valence-electron chi connectivity index (χ3n) is 3.05. The van der Waals surface area contributed by atoms with Crippen LogP contribution in [0.4, 0.5) is 5.69 Å². The van der Waals surface area contributed by atoms with Crippen LogP contribution in [0.1, 0.15) is 13.8 Å². The molecule has 1 aliphatic heterocycles. The Kier molecular flexibility index (Phi) is 4.18. The summed E-state index contributed by atoms with van der Waals surface area (Å²) in [7, 11) is 1.61. The highest BCUT2D eigenvalue weighted by Crippen LogP contribution is 2.29. The Balaban J connectivity index is 2.17. The van der Waals surface area contributed by atoms with E-state index < -0.39 is 0 Å². The molecule has 0 radical (unpaired) electrons. The van der Waals surface area contributed by atoms with Crippen LogP contribution in [0.3, 0.4) is 0 Å². The lowest BCUT2D eigenvalue weighted by molar-refractivity contribution is 0.169. The number of rotatable bonds is 2. The third kappa shape index (κ3) is 3.11. The highest BCUT2D eigenvalue weighted by atomic mass is 35.5. The predicted octanol–water partition coefficient (Wildman–Crippen LogP) is 3.11. The van der Waals surface area contributed by atoms with Gasteiger partial charge in [0.15, 0.2) is 5.11 Å². The molecule has 0 aliphatic carbocycles. The molecule has 1 fully saturated rings. The molecule has 19 heavy (non-hydrogen) atoms. The molecule has 1 aromatic rings. The standard InChI is InChI=1S/C13H17ClN2O2S/c1-13(2)7-18-8-16(13)12(19)15-10-6-9(14)4-5-11(10)17-3/h4-6H,7-8H2,1-3H3,(H,15,19). The van der Waals surface area contributed by atoms with Crippen LogP contribution in [0, 0.1) is 0 Å². The first-order valence-electron chi connectivity index (χ1n) is 5.94. The Morgan fingerprint density at radius 2 is 2.26 bits per heavy atom. The molecule has 1 heterocycles. The van der Waals surface area contributed by atoms with E-state index in [4.69, 9.17) is 33.3 Å². The van der Waals surface area contributed by atoms with Gasteiger partial charge in [0.1, 0.15) is 12.5 Å². The number of hydrogen-bond acceptors (Lipinski definition) is 3. The Morgan fingerprint density at radius 3 is 2.84 bits per heavy atom. The Hall–Kier alpha value is -1.04. The number of ether oxygens (including phenoxy) is 2. The minimum absolute atomic E-state index is 0.115. The second kappa shape index (κ2) is 5.53. The average Bonchev–Trinajstić information content (AvgIpc) is 2.69.